The van der Waals surface area contributed by atoms with Crippen LogP contribution in [0.25, 0.3) is 0 Å². The Bertz CT molecular complexity index is 2950. The van der Waals surface area contributed by atoms with E-state index in [1.165, 1.54) is 32.1 Å². The van der Waals surface area contributed by atoms with E-state index in [0.29, 0.717) is 0 Å². The van der Waals surface area contributed by atoms with E-state index in [2.05, 4.69) is 27.7 Å². The van der Waals surface area contributed by atoms with Crippen molar-refractivity contribution in [3.63, 3.8) is 0 Å². The smallest absolute Gasteiger partial charge is 0.184 e. The van der Waals surface area contributed by atoms with E-state index < -0.39 is 0 Å². The van der Waals surface area contributed by atoms with Gasteiger partial charge in [0.05, 0.1) is 0 Å². The SMILES string of the molecule is CCCCCCc1ccccc(C)c1=O.CCCCCc1ccccc(C)c1=O.CCCCc1ccccc(C)c1=O.CCCc1ccccc(C)c1=O.CCc1ccccc(C)c1=O.Cc1ccccc(C)c1=O. The molecular weight excluding hydrogens is 925 g/mol. The molecule has 6 aromatic rings. The van der Waals surface area contributed by atoms with Gasteiger partial charge in [-0.15, -0.1) is 0 Å². The fraction of sp³-hybridized carbons (Fsp3) is 0.391. The van der Waals surface area contributed by atoms with Crippen LogP contribution in [0.4, 0.5) is 0 Å². The summed E-state index contributed by atoms with van der Waals surface area (Å²) in [5.74, 6) is 0. The van der Waals surface area contributed by atoms with Crippen LogP contribution in [0, 0.1) is 48.5 Å². The quantitative estimate of drug-likeness (QED) is 0.0950. The van der Waals surface area contributed by atoms with Crippen molar-refractivity contribution in [2.75, 3.05) is 0 Å². The predicted molar refractivity (Wildman–Crippen MR) is 322 cm³/mol. The van der Waals surface area contributed by atoms with E-state index in [4.69, 9.17) is 0 Å². The number of unbranched alkanes of at least 4 members (excludes halogenated alkanes) is 6. The summed E-state index contributed by atoms with van der Waals surface area (Å²) in [5.41, 5.74) is 11.7. The summed E-state index contributed by atoms with van der Waals surface area (Å²) >= 11 is 0. The first-order valence-corrected chi connectivity index (χ1v) is 27.5. The summed E-state index contributed by atoms with van der Waals surface area (Å²) in [4.78, 5) is 69.4. The Balaban J connectivity index is 0.000000452. The zero-order chi connectivity index (χ0) is 56.0. The van der Waals surface area contributed by atoms with Crippen molar-refractivity contribution in [2.24, 2.45) is 0 Å². The highest BCUT2D eigenvalue weighted by molar-refractivity contribution is 5.25. The lowest BCUT2D eigenvalue weighted by Gasteiger charge is -1.98. The molecule has 6 nitrogen and oxygen atoms in total. The third-order valence-corrected chi connectivity index (χ3v) is 12.6. The van der Waals surface area contributed by atoms with Crippen molar-refractivity contribution in [3.8, 4) is 0 Å². The highest BCUT2D eigenvalue weighted by Crippen LogP contribution is 2.06. The lowest BCUT2D eigenvalue weighted by atomic mass is 10.1. The van der Waals surface area contributed by atoms with Crippen LogP contribution in [0.2, 0.25) is 0 Å². The molecule has 0 radical (unpaired) electrons. The van der Waals surface area contributed by atoms with Gasteiger partial charge in [0.15, 0.2) is 32.6 Å². The zero-order valence-electron chi connectivity index (χ0n) is 47.9. The third kappa shape index (κ3) is 26.9. The summed E-state index contributed by atoms with van der Waals surface area (Å²) in [7, 11) is 0. The molecule has 0 heterocycles. The monoisotopic (exact) mass is 1010 g/mol. The van der Waals surface area contributed by atoms with Crippen molar-refractivity contribution in [2.45, 2.75) is 179 Å². The van der Waals surface area contributed by atoms with E-state index in [1.807, 2.05) is 201 Å². The molecular formula is C69H90O6. The van der Waals surface area contributed by atoms with Crippen molar-refractivity contribution in [3.05, 3.63) is 274 Å². The largest absolute Gasteiger partial charge is 0.289 e. The second-order valence-electron chi connectivity index (χ2n) is 19.2. The molecule has 0 aliphatic rings. The van der Waals surface area contributed by atoms with Crippen LogP contribution in [0.3, 0.4) is 0 Å². The first-order chi connectivity index (χ1) is 36.0. The number of aryl methyl sites for hydroxylation is 12. The van der Waals surface area contributed by atoms with Gasteiger partial charge in [-0.25, -0.2) is 0 Å². The molecule has 6 rings (SSSR count). The molecule has 0 spiro atoms. The summed E-state index contributed by atoms with van der Waals surface area (Å²) in [6.07, 6.45) is 16.1. The number of hydrogen-bond donors (Lipinski definition) is 0. The van der Waals surface area contributed by atoms with Gasteiger partial charge in [0.25, 0.3) is 0 Å². The van der Waals surface area contributed by atoms with Gasteiger partial charge < -0.3 is 0 Å². The molecule has 0 unspecified atom stereocenters. The molecule has 0 amide bonds. The summed E-state index contributed by atoms with van der Waals surface area (Å²) in [5, 5.41) is 0. The third-order valence-electron chi connectivity index (χ3n) is 12.6. The van der Waals surface area contributed by atoms with Crippen LogP contribution in [0.1, 0.15) is 166 Å². The second kappa shape index (κ2) is 39.8. The topological polar surface area (TPSA) is 102 Å². The minimum Gasteiger partial charge on any atom is -0.289 e. The van der Waals surface area contributed by atoms with E-state index in [1.54, 1.807) is 0 Å². The van der Waals surface area contributed by atoms with Gasteiger partial charge in [0.2, 0.25) is 0 Å². The van der Waals surface area contributed by atoms with Crippen molar-refractivity contribution in [1.82, 2.24) is 0 Å². The molecule has 0 saturated heterocycles. The maximum atomic E-state index is 11.8. The van der Waals surface area contributed by atoms with Gasteiger partial charge in [0, 0.05) is 0 Å². The minimum atomic E-state index is 0.144. The average Bonchev–Trinajstić information content (AvgIpc) is 3.94. The Kier molecular flexibility index (Phi) is 35.2. The van der Waals surface area contributed by atoms with E-state index in [9.17, 15) is 28.8 Å². The molecule has 0 aliphatic heterocycles. The molecule has 6 heteroatoms. The summed E-state index contributed by atoms with van der Waals surface area (Å²) in [6, 6.07) is 45.7. The van der Waals surface area contributed by atoms with Crippen molar-refractivity contribution < 1.29 is 0 Å². The first-order valence-electron chi connectivity index (χ1n) is 27.5. The summed E-state index contributed by atoms with van der Waals surface area (Å²) < 4.78 is 0. The van der Waals surface area contributed by atoms with Crippen LogP contribution in [-0.4, -0.2) is 0 Å². The molecule has 0 aliphatic carbocycles. The summed E-state index contributed by atoms with van der Waals surface area (Å²) in [6.45, 7) is 23.6. The Morgan fingerprint density at radius 3 is 0.747 bits per heavy atom. The second-order valence-corrected chi connectivity index (χ2v) is 19.2. The maximum Gasteiger partial charge on any atom is 0.184 e. The van der Waals surface area contributed by atoms with Gasteiger partial charge in [-0.2, -0.15) is 0 Å². The Hall–Kier alpha value is -6.66. The average molecular weight is 1020 g/mol. The van der Waals surface area contributed by atoms with Crippen LogP contribution in [-0.2, 0) is 32.1 Å². The molecule has 0 bridgehead atoms. The van der Waals surface area contributed by atoms with Gasteiger partial charge in [-0.3, -0.25) is 28.8 Å². The van der Waals surface area contributed by atoms with E-state index in [0.717, 1.165) is 131 Å². The normalized spacial score (nSPS) is 9.92. The van der Waals surface area contributed by atoms with Gasteiger partial charge >= 0.3 is 0 Å². The van der Waals surface area contributed by atoms with Crippen LogP contribution >= 0.6 is 0 Å². The lowest BCUT2D eigenvalue weighted by molar-refractivity contribution is 0.665. The first kappa shape index (κ1) is 66.4. The van der Waals surface area contributed by atoms with E-state index >= 15 is 0 Å². The molecule has 0 aromatic heterocycles. The molecule has 6 aromatic carbocycles. The van der Waals surface area contributed by atoms with Crippen LogP contribution < -0.4 is 32.6 Å². The standard InChI is InChI=1S/C14H20O.C13H18O.C12H16O.C11H14O.C10H12O.C9H10O/c1-3-4-5-6-10-13-11-8-7-9-12(2)14(13)15;1-3-4-5-9-12-10-7-6-8-11(2)13(12)14;1-3-4-8-11-9-6-5-7-10(2)12(11)13;1-3-6-10-8-5-4-7-9(2)11(10)12;1-3-9-7-5-4-6-8(2)10(9)11;1-7-5-3-4-6-8(2)9(7)10/h7-9,11H,3-6,10H2,1-2H3;6-8,10H,3-5,9H2,1-2H3;5-7,9H,3-4,8H2,1-2H3;4-5,7-8H,3,6H2,1-2H3;4-7H,3H2,1-2H3;3-6H,1-2H3. The molecule has 0 fully saturated rings. The maximum absolute atomic E-state index is 11.8. The zero-order valence-corrected chi connectivity index (χ0v) is 47.9. The molecule has 0 saturated carbocycles. The highest BCUT2D eigenvalue weighted by atomic mass is 16.1. The predicted octanol–water partition coefficient (Wildman–Crippen LogP) is 15.2. The van der Waals surface area contributed by atoms with Crippen LogP contribution in [0.5, 0.6) is 0 Å². The fourth-order valence-electron chi connectivity index (χ4n) is 7.75. The Morgan fingerprint density at radius 2 is 0.453 bits per heavy atom. The Labute approximate surface area is 451 Å². The molecule has 75 heavy (non-hydrogen) atoms. The Morgan fingerprint density at radius 1 is 0.227 bits per heavy atom. The van der Waals surface area contributed by atoms with Gasteiger partial charge in [-0.05, 0) is 167 Å². The molecule has 402 valence electrons. The van der Waals surface area contributed by atoms with E-state index in [-0.39, 0.29) is 32.6 Å². The number of rotatable bonds is 15. The highest BCUT2D eigenvalue weighted by Gasteiger charge is 2.02. The molecule has 0 N–H and O–H groups in total. The van der Waals surface area contributed by atoms with Crippen molar-refractivity contribution in [1.29, 1.82) is 0 Å². The number of hydrogen-bond acceptors (Lipinski definition) is 6. The van der Waals surface area contributed by atoms with Crippen LogP contribution in [0.15, 0.2) is 174 Å². The lowest BCUT2D eigenvalue weighted by Crippen LogP contribution is -2.08. The minimum absolute atomic E-state index is 0.144. The van der Waals surface area contributed by atoms with Crippen molar-refractivity contribution >= 4 is 0 Å². The molecule has 0 atom stereocenters. The van der Waals surface area contributed by atoms with Gasteiger partial charge in [-0.1, -0.05) is 225 Å². The fourth-order valence-corrected chi connectivity index (χ4v) is 7.75. The van der Waals surface area contributed by atoms with Gasteiger partial charge in [0.1, 0.15) is 0 Å².